The van der Waals surface area contributed by atoms with Crippen LogP contribution in [0.25, 0.3) is 11.3 Å². The van der Waals surface area contributed by atoms with E-state index in [1.807, 2.05) is 41.3 Å². The molecule has 0 bridgehead atoms. The molecule has 2 aliphatic heterocycles. The number of rotatable bonds is 6. The zero-order valence-electron chi connectivity index (χ0n) is 19.7. The van der Waals surface area contributed by atoms with Crippen LogP contribution in [0.3, 0.4) is 0 Å². The highest BCUT2D eigenvalue weighted by molar-refractivity contribution is 5.94. The van der Waals surface area contributed by atoms with Crippen LogP contribution in [0.5, 0.6) is 5.75 Å². The van der Waals surface area contributed by atoms with Crippen LogP contribution in [0.4, 0.5) is 5.88 Å². The summed E-state index contributed by atoms with van der Waals surface area (Å²) in [6, 6.07) is 15.8. The topological polar surface area (TPSA) is 74.9 Å². The average Bonchev–Trinajstić information content (AvgIpc) is 3.39. The molecule has 8 nitrogen and oxygen atoms in total. The lowest BCUT2D eigenvalue weighted by atomic mass is 10.1. The number of benzene rings is 2. The lowest BCUT2D eigenvalue weighted by Gasteiger charge is -2.34. The predicted octanol–water partition coefficient (Wildman–Crippen LogP) is 3.69. The van der Waals surface area contributed by atoms with E-state index in [9.17, 15) is 4.79 Å². The maximum Gasteiger partial charge on any atom is 0.256 e. The van der Waals surface area contributed by atoms with Crippen molar-refractivity contribution < 1.29 is 14.1 Å². The lowest BCUT2D eigenvalue weighted by Crippen LogP contribution is -2.48. The maximum atomic E-state index is 13.2. The molecule has 0 saturated carbocycles. The lowest BCUT2D eigenvalue weighted by molar-refractivity contribution is 0.0744. The van der Waals surface area contributed by atoms with E-state index < -0.39 is 0 Å². The SMILES string of the molecule is COc1ccccc1-c1nnoc1N1CCN(C(=O)c2cccc(CN3CCCCC3)c2)CC1. The molecule has 0 radical (unpaired) electrons. The molecule has 3 aromatic rings. The van der Waals surface area contributed by atoms with Gasteiger partial charge in [0.25, 0.3) is 11.8 Å². The zero-order valence-corrected chi connectivity index (χ0v) is 19.7. The van der Waals surface area contributed by atoms with Crippen LogP contribution in [0, 0.1) is 0 Å². The Hall–Kier alpha value is -3.39. The summed E-state index contributed by atoms with van der Waals surface area (Å²) in [6.45, 7) is 5.74. The van der Waals surface area contributed by atoms with E-state index in [1.54, 1.807) is 7.11 Å². The second-order valence-corrected chi connectivity index (χ2v) is 8.94. The second-order valence-electron chi connectivity index (χ2n) is 8.94. The Morgan fingerprint density at radius 2 is 1.76 bits per heavy atom. The first-order chi connectivity index (χ1) is 16.7. The number of carbonyl (C=O) groups excluding carboxylic acids is 1. The molecule has 5 rings (SSSR count). The fourth-order valence-electron chi connectivity index (χ4n) is 4.88. The summed E-state index contributed by atoms with van der Waals surface area (Å²) >= 11 is 0. The molecule has 34 heavy (non-hydrogen) atoms. The van der Waals surface area contributed by atoms with E-state index in [4.69, 9.17) is 9.26 Å². The predicted molar refractivity (Wildman–Crippen MR) is 130 cm³/mol. The number of amides is 1. The summed E-state index contributed by atoms with van der Waals surface area (Å²) in [6.07, 6.45) is 3.86. The summed E-state index contributed by atoms with van der Waals surface area (Å²) in [5.74, 6) is 1.42. The minimum Gasteiger partial charge on any atom is -0.496 e. The van der Waals surface area contributed by atoms with Crippen LogP contribution >= 0.6 is 0 Å². The molecular weight excluding hydrogens is 430 g/mol. The van der Waals surface area contributed by atoms with Crippen LogP contribution in [0.2, 0.25) is 0 Å². The number of likely N-dealkylation sites (tertiary alicyclic amines) is 1. The van der Waals surface area contributed by atoms with Crippen molar-refractivity contribution in [3.8, 4) is 17.0 Å². The van der Waals surface area contributed by atoms with Gasteiger partial charge in [0, 0.05) is 49.1 Å². The van der Waals surface area contributed by atoms with Crippen molar-refractivity contribution in [2.45, 2.75) is 25.8 Å². The molecule has 3 heterocycles. The van der Waals surface area contributed by atoms with Crippen molar-refractivity contribution in [2.75, 3.05) is 51.3 Å². The summed E-state index contributed by atoms with van der Waals surface area (Å²) in [5, 5.41) is 8.01. The van der Waals surface area contributed by atoms with Gasteiger partial charge in [-0.2, -0.15) is 0 Å². The van der Waals surface area contributed by atoms with Crippen LogP contribution in [-0.2, 0) is 6.54 Å². The molecule has 0 spiro atoms. The Balaban J connectivity index is 1.24. The van der Waals surface area contributed by atoms with Gasteiger partial charge in [0.2, 0.25) is 0 Å². The number of hydrogen-bond acceptors (Lipinski definition) is 7. The van der Waals surface area contributed by atoms with Gasteiger partial charge in [-0.25, -0.2) is 0 Å². The minimum atomic E-state index is 0.0841. The monoisotopic (exact) mass is 461 g/mol. The molecule has 178 valence electrons. The quantitative estimate of drug-likeness (QED) is 0.554. The molecule has 0 unspecified atom stereocenters. The van der Waals surface area contributed by atoms with E-state index in [-0.39, 0.29) is 5.91 Å². The standard InChI is InChI=1S/C26H31N5O3/c1-33-23-11-4-3-10-22(23)24-26(34-28-27-24)31-16-14-30(15-17-31)25(32)21-9-7-8-20(18-21)19-29-12-5-2-6-13-29/h3-4,7-11,18H,2,5-6,12-17,19H2,1H3. The van der Waals surface area contributed by atoms with Gasteiger partial charge in [0.05, 0.1) is 7.11 Å². The molecule has 2 fully saturated rings. The maximum absolute atomic E-state index is 13.2. The molecule has 0 atom stereocenters. The highest BCUT2D eigenvalue weighted by Crippen LogP contribution is 2.35. The Bertz CT molecular complexity index is 1120. The first kappa shape index (κ1) is 22.4. The van der Waals surface area contributed by atoms with Gasteiger partial charge in [0.15, 0.2) is 5.69 Å². The van der Waals surface area contributed by atoms with Crippen molar-refractivity contribution in [3.05, 3.63) is 59.7 Å². The fourth-order valence-corrected chi connectivity index (χ4v) is 4.88. The number of ether oxygens (including phenoxy) is 1. The zero-order chi connectivity index (χ0) is 23.3. The van der Waals surface area contributed by atoms with Gasteiger partial charge in [0.1, 0.15) is 5.75 Å². The fraction of sp³-hybridized carbons (Fsp3) is 0.423. The molecule has 8 heteroatoms. The van der Waals surface area contributed by atoms with Gasteiger partial charge in [-0.1, -0.05) is 30.7 Å². The highest BCUT2D eigenvalue weighted by Gasteiger charge is 2.28. The number of piperazine rings is 1. The highest BCUT2D eigenvalue weighted by atomic mass is 16.5. The van der Waals surface area contributed by atoms with Gasteiger partial charge in [-0.15, -0.1) is 5.10 Å². The van der Waals surface area contributed by atoms with Crippen LogP contribution in [0.1, 0.15) is 35.2 Å². The van der Waals surface area contributed by atoms with Crippen LogP contribution in [0.15, 0.2) is 53.1 Å². The van der Waals surface area contributed by atoms with Gasteiger partial charge < -0.3 is 19.1 Å². The molecular formula is C26H31N5O3. The van der Waals surface area contributed by atoms with Crippen molar-refractivity contribution in [2.24, 2.45) is 0 Å². The third-order valence-electron chi connectivity index (χ3n) is 6.72. The number of piperidine rings is 1. The van der Waals surface area contributed by atoms with E-state index >= 15 is 0 Å². The largest absolute Gasteiger partial charge is 0.496 e. The molecule has 2 aliphatic rings. The number of para-hydroxylation sites is 1. The number of carbonyl (C=O) groups is 1. The number of hydrogen-bond donors (Lipinski definition) is 0. The van der Waals surface area contributed by atoms with Crippen LogP contribution < -0.4 is 9.64 Å². The van der Waals surface area contributed by atoms with Crippen molar-refractivity contribution in [3.63, 3.8) is 0 Å². The van der Waals surface area contributed by atoms with Gasteiger partial charge in [-0.05, 0) is 55.8 Å². The van der Waals surface area contributed by atoms with Crippen LogP contribution in [-0.4, -0.2) is 72.5 Å². The molecule has 0 N–H and O–H groups in total. The molecule has 1 aromatic heterocycles. The smallest absolute Gasteiger partial charge is 0.256 e. The van der Waals surface area contributed by atoms with Gasteiger partial charge >= 0.3 is 0 Å². The third-order valence-corrected chi connectivity index (χ3v) is 6.72. The Labute approximate surface area is 200 Å². The molecule has 0 aliphatic carbocycles. The van der Waals surface area contributed by atoms with E-state index in [0.29, 0.717) is 37.8 Å². The minimum absolute atomic E-state index is 0.0841. The average molecular weight is 462 g/mol. The third kappa shape index (κ3) is 4.77. The first-order valence-electron chi connectivity index (χ1n) is 12.0. The van der Waals surface area contributed by atoms with Crippen molar-refractivity contribution in [1.29, 1.82) is 0 Å². The molecule has 1 amide bonds. The van der Waals surface area contributed by atoms with E-state index in [1.165, 1.54) is 24.8 Å². The summed E-state index contributed by atoms with van der Waals surface area (Å²) < 4.78 is 11.0. The molecule has 2 aromatic carbocycles. The van der Waals surface area contributed by atoms with Gasteiger partial charge in [-0.3, -0.25) is 9.69 Å². The number of nitrogens with zero attached hydrogens (tertiary/aromatic N) is 5. The Morgan fingerprint density at radius 1 is 0.971 bits per heavy atom. The van der Waals surface area contributed by atoms with Crippen molar-refractivity contribution in [1.82, 2.24) is 20.2 Å². The molecule has 2 saturated heterocycles. The van der Waals surface area contributed by atoms with E-state index in [0.717, 1.165) is 36.5 Å². The number of methoxy groups -OCH3 is 1. The summed E-state index contributed by atoms with van der Waals surface area (Å²) in [5.41, 5.74) is 3.47. The number of anilines is 1. The van der Waals surface area contributed by atoms with E-state index in [2.05, 4.69) is 32.3 Å². The Morgan fingerprint density at radius 3 is 2.56 bits per heavy atom. The second kappa shape index (κ2) is 10.3. The normalized spacial score (nSPS) is 17.1. The summed E-state index contributed by atoms with van der Waals surface area (Å²) in [7, 11) is 1.64. The van der Waals surface area contributed by atoms with Crippen molar-refractivity contribution >= 4 is 11.8 Å². The number of aromatic nitrogens is 2. The first-order valence-corrected chi connectivity index (χ1v) is 12.0. The summed E-state index contributed by atoms with van der Waals surface area (Å²) in [4.78, 5) is 19.7. The Kier molecular flexibility index (Phi) is 6.76.